The first-order valence-corrected chi connectivity index (χ1v) is 7.00. The molecule has 1 N–H and O–H groups in total. The predicted octanol–water partition coefficient (Wildman–Crippen LogP) is 2.68. The van der Waals surface area contributed by atoms with Gasteiger partial charge in [-0.15, -0.1) is 11.3 Å². The largest absolute Gasteiger partial charge is 0.466 e. The van der Waals surface area contributed by atoms with Crippen LogP contribution in [0.15, 0.2) is 11.6 Å². The van der Waals surface area contributed by atoms with E-state index in [1.807, 2.05) is 12.3 Å². The van der Waals surface area contributed by atoms with Crippen molar-refractivity contribution in [2.45, 2.75) is 38.6 Å². The van der Waals surface area contributed by atoms with Crippen LogP contribution in [0.5, 0.6) is 0 Å². The highest BCUT2D eigenvalue weighted by Gasteiger charge is 2.28. The predicted molar refractivity (Wildman–Crippen MR) is 68.1 cm³/mol. The van der Waals surface area contributed by atoms with E-state index in [-0.39, 0.29) is 11.9 Å². The molecule has 0 saturated heterocycles. The summed E-state index contributed by atoms with van der Waals surface area (Å²) in [5.74, 6) is 0.0132. The summed E-state index contributed by atoms with van der Waals surface area (Å²) in [6.45, 7) is 2.33. The van der Waals surface area contributed by atoms with Gasteiger partial charge in [-0.2, -0.15) is 0 Å². The standard InChI is InChI=1S/C12H18N2O2S/c1-2-16-11(15)9-4-3-5-10(8-9)14-12-13-6-7-17-12/h6-7,9-10H,2-5,8H2,1H3,(H,13,14). The van der Waals surface area contributed by atoms with E-state index in [1.165, 1.54) is 0 Å². The van der Waals surface area contributed by atoms with Gasteiger partial charge in [-0.25, -0.2) is 4.98 Å². The lowest BCUT2D eigenvalue weighted by atomic mass is 9.86. The molecule has 0 bridgehead atoms. The number of thiazole rings is 1. The van der Waals surface area contributed by atoms with Gasteiger partial charge in [0.25, 0.3) is 0 Å². The fourth-order valence-electron chi connectivity index (χ4n) is 2.26. The van der Waals surface area contributed by atoms with Crippen LogP contribution in [-0.4, -0.2) is 23.6 Å². The van der Waals surface area contributed by atoms with Crippen molar-refractivity contribution in [3.63, 3.8) is 0 Å². The average Bonchev–Trinajstić information content (AvgIpc) is 2.82. The van der Waals surface area contributed by atoms with Gasteiger partial charge in [0.2, 0.25) is 0 Å². The van der Waals surface area contributed by atoms with Gasteiger partial charge in [0.15, 0.2) is 5.13 Å². The maximum atomic E-state index is 11.7. The number of hydrogen-bond donors (Lipinski definition) is 1. The van der Waals surface area contributed by atoms with Crippen molar-refractivity contribution < 1.29 is 9.53 Å². The Morgan fingerprint density at radius 1 is 1.65 bits per heavy atom. The van der Waals surface area contributed by atoms with E-state index < -0.39 is 0 Å². The Morgan fingerprint density at radius 3 is 3.24 bits per heavy atom. The Bertz CT molecular complexity index is 353. The van der Waals surface area contributed by atoms with Gasteiger partial charge in [0.05, 0.1) is 12.5 Å². The zero-order chi connectivity index (χ0) is 12.1. The quantitative estimate of drug-likeness (QED) is 0.839. The van der Waals surface area contributed by atoms with Crippen molar-refractivity contribution in [1.29, 1.82) is 0 Å². The molecule has 2 rings (SSSR count). The molecule has 1 saturated carbocycles. The number of hydrogen-bond acceptors (Lipinski definition) is 5. The summed E-state index contributed by atoms with van der Waals surface area (Å²) < 4.78 is 5.09. The molecular weight excluding hydrogens is 236 g/mol. The van der Waals surface area contributed by atoms with E-state index in [0.717, 1.165) is 30.8 Å². The van der Waals surface area contributed by atoms with E-state index in [1.54, 1.807) is 17.5 Å². The van der Waals surface area contributed by atoms with Crippen molar-refractivity contribution in [2.75, 3.05) is 11.9 Å². The van der Waals surface area contributed by atoms with E-state index in [4.69, 9.17) is 4.74 Å². The number of carbonyl (C=O) groups excluding carboxylic acids is 1. The number of carbonyl (C=O) groups is 1. The van der Waals surface area contributed by atoms with E-state index >= 15 is 0 Å². The van der Waals surface area contributed by atoms with Gasteiger partial charge in [-0.1, -0.05) is 6.42 Å². The lowest BCUT2D eigenvalue weighted by molar-refractivity contribution is -0.149. The van der Waals surface area contributed by atoms with E-state index in [9.17, 15) is 4.79 Å². The summed E-state index contributed by atoms with van der Waals surface area (Å²) in [5, 5.41) is 6.28. The summed E-state index contributed by atoms with van der Waals surface area (Å²) >= 11 is 1.60. The first-order valence-electron chi connectivity index (χ1n) is 6.12. The molecule has 94 valence electrons. The van der Waals surface area contributed by atoms with Crippen LogP contribution in [0, 0.1) is 5.92 Å². The van der Waals surface area contributed by atoms with Gasteiger partial charge >= 0.3 is 5.97 Å². The Labute approximate surface area is 105 Å². The molecule has 0 aliphatic heterocycles. The molecular formula is C12H18N2O2S. The molecule has 0 radical (unpaired) electrons. The normalized spacial score (nSPS) is 24.3. The molecule has 1 aromatic heterocycles. The first-order chi connectivity index (χ1) is 8.29. The number of esters is 1. The minimum atomic E-state index is -0.0434. The minimum absolute atomic E-state index is 0.0434. The van der Waals surface area contributed by atoms with Crippen molar-refractivity contribution in [2.24, 2.45) is 5.92 Å². The van der Waals surface area contributed by atoms with E-state index in [0.29, 0.717) is 12.6 Å². The summed E-state index contributed by atoms with van der Waals surface area (Å²) in [4.78, 5) is 15.9. The molecule has 0 spiro atoms. The molecule has 0 aromatic carbocycles. The molecule has 0 amide bonds. The molecule has 5 heteroatoms. The fourth-order valence-corrected chi connectivity index (χ4v) is 2.87. The third-order valence-electron chi connectivity index (χ3n) is 3.05. The molecule has 1 aromatic rings. The third-order valence-corrected chi connectivity index (χ3v) is 3.76. The van der Waals surface area contributed by atoms with Gasteiger partial charge in [-0.3, -0.25) is 4.79 Å². The third kappa shape index (κ3) is 3.43. The molecule has 2 atom stereocenters. The van der Waals surface area contributed by atoms with Gasteiger partial charge in [0, 0.05) is 17.6 Å². The molecule has 4 nitrogen and oxygen atoms in total. The molecule has 1 fully saturated rings. The van der Waals surface area contributed by atoms with Crippen LogP contribution in [-0.2, 0) is 9.53 Å². The number of rotatable bonds is 4. The minimum Gasteiger partial charge on any atom is -0.466 e. The van der Waals surface area contributed by atoms with Gasteiger partial charge < -0.3 is 10.1 Å². The summed E-state index contributed by atoms with van der Waals surface area (Å²) in [6, 6.07) is 0.351. The Morgan fingerprint density at radius 2 is 2.53 bits per heavy atom. The number of aromatic nitrogens is 1. The van der Waals surface area contributed by atoms with Gasteiger partial charge in [0.1, 0.15) is 0 Å². The highest BCUT2D eigenvalue weighted by molar-refractivity contribution is 7.13. The fraction of sp³-hybridized carbons (Fsp3) is 0.667. The lowest BCUT2D eigenvalue weighted by Gasteiger charge is -2.28. The van der Waals surface area contributed by atoms with Crippen molar-refractivity contribution in [3.05, 3.63) is 11.6 Å². The van der Waals surface area contributed by atoms with Crippen molar-refractivity contribution in [1.82, 2.24) is 4.98 Å². The highest BCUT2D eigenvalue weighted by atomic mass is 32.1. The molecule has 2 unspecified atom stereocenters. The second-order valence-electron chi connectivity index (χ2n) is 4.29. The first kappa shape index (κ1) is 12.4. The molecule has 17 heavy (non-hydrogen) atoms. The van der Waals surface area contributed by atoms with Gasteiger partial charge in [-0.05, 0) is 26.2 Å². The zero-order valence-corrected chi connectivity index (χ0v) is 10.8. The average molecular weight is 254 g/mol. The molecule has 1 heterocycles. The summed E-state index contributed by atoms with van der Waals surface area (Å²) in [7, 11) is 0. The van der Waals surface area contributed by atoms with E-state index in [2.05, 4.69) is 10.3 Å². The second-order valence-corrected chi connectivity index (χ2v) is 5.19. The smallest absolute Gasteiger partial charge is 0.308 e. The van der Waals surface area contributed by atoms with Crippen molar-refractivity contribution >= 4 is 22.4 Å². The number of nitrogens with zero attached hydrogens (tertiary/aromatic N) is 1. The van der Waals surface area contributed by atoms with Crippen molar-refractivity contribution in [3.8, 4) is 0 Å². The Balaban J connectivity index is 1.86. The Kier molecular flexibility index (Phi) is 4.36. The number of nitrogens with one attached hydrogen (secondary N) is 1. The Hall–Kier alpha value is -1.10. The van der Waals surface area contributed by atoms with Crippen LogP contribution in [0.25, 0.3) is 0 Å². The van der Waals surface area contributed by atoms with Crippen LogP contribution >= 0.6 is 11.3 Å². The molecule has 1 aliphatic carbocycles. The highest BCUT2D eigenvalue weighted by Crippen LogP contribution is 2.28. The maximum Gasteiger partial charge on any atom is 0.308 e. The summed E-state index contributed by atoms with van der Waals surface area (Å²) in [5.41, 5.74) is 0. The SMILES string of the molecule is CCOC(=O)C1CCCC(Nc2nccs2)C1. The molecule has 1 aliphatic rings. The summed E-state index contributed by atoms with van der Waals surface area (Å²) in [6.07, 6.45) is 5.79. The lowest BCUT2D eigenvalue weighted by Crippen LogP contribution is -2.31. The zero-order valence-electron chi connectivity index (χ0n) is 10.0. The number of anilines is 1. The van der Waals surface area contributed by atoms with Crippen LogP contribution in [0.2, 0.25) is 0 Å². The number of ether oxygens (including phenoxy) is 1. The van der Waals surface area contributed by atoms with Crippen LogP contribution < -0.4 is 5.32 Å². The van der Waals surface area contributed by atoms with Crippen LogP contribution in [0.1, 0.15) is 32.6 Å². The topological polar surface area (TPSA) is 51.2 Å². The maximum absolute atomic E-state index is 11.7. The monoisotopic (exact) mass is 254 g/mol. The second kappa shape index (κ2) is 6.00. The van der Waals surface area contributed by atoms with Crippen LogP contribution in [0.4, 0.5) is 5.13 Å². The van der Waals surface area contributed by atoms with Crippen LogP contribution in [0.3, 0.4) is 0 Å².